The summed E-state index contributed by atoms with van der Waals surface area (Å²) in [6, 6.07) is 7.28. The molecule has 17 heavy (non-hydrogen) atoms. The molecular weight excluding hydrogens is 238 g/mol. The van der Waals surface area contributed by atoms with Crippen molar-refractivity contribution >= 4 is 17.5 Å². The van der Waals surface area contributed by atoms with E-state index in [2.05, 4.69) is 15.3 Å². The first kappa shape index (κ1) is 11.7. The summed E-state index contributed by atoms with van der Waals surface area (Å²) in [4.78, 5) is 18.8. The van der Waals surface area contributed by atoms with Crippen LogP contribution in [0.2, 0.25) is 5.02 Å². The molecule has 0 saturated carbocycles. The molecule has 2 aromatic rings. The number of pyridine rings is 1. The highest BCUT2D eigenvalue weighted by Gasteiger charge is 2.07. The Labute approximate surface area is 104 Å². The molecule has 2 rings (SSSR count). The number of amides is 1. The quantitative estimate of drug-likeness (QED) is 0.877. The molecule has 0 aliphatic carbocycles. The van der Waals surface area contributed by atoms with Crippen molar-refractivity contribution < 1.29 is 4.79 Å². The van der Waals surface area contributed by atoms with Gasteiger partial charge in [-0.3, -0.25) is 9.78 Å². The first-order valence-electron chi connectivity index (χ1n) is 5.20. The molecule has 0 radical (unpaired) electrons. The van der Waals surface area contributed by atoms with Crippen molar-refractivity contribution in [3.05, 3.63) is 52.6 Å². The van der Waals surface area contributed by atoms with Crippen molar-refractivity contribution in [2.75, 3.05) is 0 Å². The number of aromatic nitrogens is 2. The van der Waals surface area contributed by atoms with E-state index in [1.165, 1.54) is 0 Å². The van der Waals surface area contributed by atoms with E-state index in [0.717, 1.165) is 11.4 Å². The Morgan fingerprint density at radius 2 is 2.35 bits per heavy atom. The molecule has 1 amide bonds. The number of nitrogens with one attached hydrogen (secondary N) is 2. The number of nitrogens with zero attached hydrogens (tertiary/aromatic N) is 1. The Balaban J connectivity index is 1.97. The van der Waals surface area contributed by atoms with E-state index < -0.39 is 0 Å². The van der Waals surface area contributed by atoms with Gasteiger partial charge in [-0.05, 0) is 25.1 Å². The van der Waals surface area contributed by atoms with Gasteiger partial charge < -0.3 is 10.3 Å². The van der Waals surface area contributed by atoms with Crippen molar-refractivity contribution in [2.24, 2.45) is 0 Å². The van der Waals surface area contributed by atoms with Crippen LogP contribution in [0.1, 0.15) is 21.9 Å². The smallest absolute Gasteiger partial charge is 0.268 e. The van der Waals surface area contributed by atoms with Gasteiger partial charge in [0.15, 0.2) is 0 Å². The molecule has 0 fully saturated rings. The van der Waals surface area contributed by atoms with Crippen molar-refractivity contribution in [3.63, 3.8) is 0 Å². The van der Waals surface area contributed by atoms with Gasteiger partial charge in [0.05, 0.1) is 17.3 Å². The fraction of sp³-hybridized carbons (Fsp3) is 0.167. The summed E-state index contributed by atoms with van der Waals surface area (Å²) in [6.45, 7) is 2.31. The zero-order valence-corrected chi connectivity index (χ0v) is 10.1. The third-order valence-electron chi connectivity index (χ3n) is 2.27. The minimum Gasteiger partial charge on any atom is -0.356 e. The summed E-state index contributed by atoms with van der Waals surface area (Å²) in [5, 5.41) is 3.28. The van der Waals surface area contributed by atoms with Crippen LogP contribution < -0.4 is 5.32 Å². The van der Waals surface area contributed by atoms with E-state index in [0.29, 0.717) is 17.3 Å². The van der Waals surface area contributed by atoms with Crippen LogP contribution in [-0.2, 0) is 6.54 Å². The maximum absolute atomic E-state index is 11.7. The van der Waals surface area contributed by atoms with Crippen LogP contribution in [0.5, 0.6) is 0 Å². The molecule has 0 spiro atoms. The molecular formula is C12H12ClN3O. The third kappa shape index (κ3) is 3.07. The first-order valence-corrected chi connectivity index (χ1v) is 5.57. The standard InChI is InChI=1S/C12H12ClN3O/c1-8-3-2-4-10(16-8)7-15-12(17)11-5-9(13)6-14-11/h2-6,14H,7H2,1H3,(H,15,17). The third-order valence-corrected chi connectivity index (χ3v) is 2.49. The molecule has 0 unspecified atom stereocenters. The average Bonchev–Trinajstić information content (AvgIpc) is 2.73. The van der Waals surface area contributed by atoms with E-state index in [-0.39, 0.29) is 5.91 Å². The Morgan fingerprint density at radius 1 is 1.53 bits per heavy atom. The normalized spacial score (nSPS) is 10.2. The highest BCUT2D eigenvalue weighted by atomic mass is 35.5. The number of aromatic amines is 1. The Bertz CT molecular complexity index is 536. The van der Waals surface area contributed by atoms with Crippen LogP contribution in [0.25, 0.3) is 0 Å². The molecule has 88 valence electrons. The summed E-state index contributed by atoms with van der Waals surface area (Å²) in [5.41, 5.74) is 2.21. The van der Waals surface area contributed by atoms with Crippen LogP contribution >= 0.6 is 11.6 Å². The number of aryl methyl sites for hydroxylation is 1. The van der Waals surface area contributed by atoms with Crippen LogP contribution in [0.15, 0.2) is 30.5 Å². The summed E-state index contributed by atoms with van der Waals surface area (Å²) in [6.07, 6.45) is 1.57. The second-order valence-corrected chi connectivity index (χ2v) is 4.12. The van der Waals surface area contributed by atoms with Gasteiger partial charge in [-0.2, -0.15) is 0 Å². The van der Waals surface area contributed by atoms with Gasteiger partial charge in [0, 0.05) is 11.9 Å². The number of carbonyl (C=O) groups excluding carboxylic acids is 1. The first-order chi connectivity index (χ1) is 8.15. The molecule has 0 saturated heterocycles. The van der Waals surface area contributed by atoms with Gasteiger partial charge in [-0.25, -0.2) is 0 Å². The minimum absolute atomic E-state index is 0.194. The zero-order chi connectivity index (χ0) is 12.3. The highest BCUT2D eigenvalue weighted by Crippen LogP contribution is 2.09. The van der Waals surface area contributed by atoms with Gasteiger partial charge in [0.1, 0.15) is 5.69 Å². The molecule has 2 aromatic heterocycles. The zero-order valence-electron chi connectivity index (χ0n) is 9.33. The fourth-order valence-corrected chi connectivity index (χ4v) is 1.63. The molecule has 0 atom stereocenters. The summed E-state index contributed by atoms with van der Waals surface area (Å²) in [5.74, 6) is -0.194. The highest BCUT2D eigenvalue weighted by molar-refractivity contribution is 6.30. The SMILES string of the molecule is Cc1cccc(CNC(=O)c2cc(Cl)c[nH]2)n1. The number of carbonyl (C=O) groups is 1. The van der Waals surface area contributed by atoms with Gasteiger partial charge in [0.25, 0.3) is 5.91 Å². The van der Waals surface area contributed by atoms with E-state index in [1.54, 1.807) is 12.3 Å². The minimum atomic E-state index is -0.194. The number of H-pyrrole nitrogens is 1. The van der Waals surface area contributed by atoms with Gasteiger partial charge in [-0.1, -0.05) is 17.7 Å². The van der Waals surface area contributed by atoms with Gasteiger partial charge in [0.2, 0.25) is 0 Å². The summed E-state index contributed by atoms with van der Waals surface area (Å²) >= 11 is 5.72. The van der Waals surface area contributed by atoms with E-state index in [9.17, 15) is 4.79 Å². The second kappa shape index (κ2) is 5.01. The molecule has 0 aromatic carbocycles. The summed E-state index contributed by atoms with van der Waals surface area (Å²) < 4.78 is 0. The second-order valence-electron chi connectivity index (χ2n) is 3.68. The van der Waals surface area contributed by atoms with E-state index in [1.807, 2.05) is 25.1 Å². The van der Waals surface area contributed by atoms with Crippen molar-refractivity contribution in [3.8, 4) is 0 Å². The lowest BCUT2D eigenvalue weighted by molar-refractivity contribution is 0.0946. The summed E-state index contributed by atoms with van der Waals surface area (Å²) in [7, 11) is 0. The number of rotatable bonds is 3. The molecule has 0 aliphatic rings. The van der Waals surface area contributed by atoms with Crippen molar-refractivity contribution in [1.29, 1.82) is 0 Å². The topological polar surface area (TPSA) is 57.8 Å². The van der Waals surface area contributed by atoms with E-state index in [4.69, 9.17) is 11.6 Å². The average molecular weight is 250 g/mol. The lowest BCUT2D eigenvalue weighted by Crippen LogP contribution is -2.23. The maximum Gasteiger partial charge on any atom is 0.268 e. The van der Waals surface area contributed by atoms with Crippen LogP contribution in [0, 0.1) is 6.92 Å². The van der Waals surface area contributed by atoms with Crippen LogP contribution in [-0.4, -0.2) is 15.9 Å². The van der Waals surface area contributed by atoms with Gasteiger partial charge in [-0.15, -0.1) is 0 Å². The molecule has 5 heteroatoms. The van der Waals surface area contributed by atoms with Crippen LogP contribution in [0.3, 0.4) is 0 Å². The fourth-order valence-electron chi connectivity index (χ4n) is 1.46. The molecule has 2 N–H and O–H groups in total. The molecule has 4 nitrogen and oxygen atoms in total. The maximum atomic E-state index is 11.7. The predicted octanol–water partition coefficient (Wildman–Crippen LogP) is 2.30. The molecule has 0 bridgehead atoms. The molecule has 2 heterocycles. The lowest BCUT2D eigenvalue weighted by Gasteiger charge is -2.03. The number of hydrogen-bond donors (Lipinski definition) is 2. The Hall–Kier alpha value is -1.81. The predicted molar refractivity (Wildman–Crippen MR) is 65.9 cm³/mol. The van der Waals surface area contributed by atoms with Crippen molar-refractivity contribution in [1.82, 2.24) is 15.3 Å². The van der Waals surface area contributed by atoms with Gasteiger partial charge >= 0.3 is 0 Å². The van der Waals surface area contributed by atoms with E-state index >= 15 is 0 Å². The monoisotopic (exact) mass is 249 g/mol. The lowest BCUT2D eigenvalue weighted by atomic mass is 10.3. The molecule has 0 aliphatic heterocycles. The van der Waals surface area contributed by atoms with Crippen LogP contribution in [0.4, 0.5) is 0 Å². The largest absolute Gasteiger partial charge is 0.356 e. The Kier molecular flexibility index (Phi) is 3.44. The number of halogens is 1. The Morgan fingerprint density at radius 3 is 3.00 bits per heavy atom. The van der Waals surface area contributed by atoms with Crippen molar-refractivity contribution in [2.45, 2.75) is 13.5 Å². The number of hydrogen-bond acceptors (Lipinski definition) is 2.